The molecule has 0 aliphatic heterocycles. The van der Waals surface area contributed by atoms with Crippen LogP contribution in [0.2, 0.25) is 0 Å². The van der Waals surface area contributed by atoms with Crippen LogP contribution in [0.4, 0.5) is 0 Å². The molecule has 0 unspecified atom stereocenters. The van der Waals surface area contributed by atoms with Gasteiger partial charge in [-0.1, -0.05) is 18.2 Å². The first-order valence-electron chi connectivity index (χ1n) is 5.05. The minimum Gasteiger partial charge on any atom is -0.358 e. The molecule has 0 aliphatic carbocycles. The van der Waals surface area contributed by atoms with E-state index < -0.39 is 0 Å². The van der Waals surface area contributed by atoms with Gasteiger partial charge in [0.2, 0.25) is 5.91 Å². The number of aryl methyl sites for hydroxylation is 1. The Morgan fingerprint density at radius 2 is 2.19 bits per heavy atom. The van der Waals surface area contributed by atoms with Crippen LogP contribution in [0.1, 0.15) is 18.2 Å². The number of aromatic amines is 1. The molecule has 0 saturated heterocycles. The first-order chi connectivity index (χ1) is 7.68. The fourth-order valence-corrected chi connectivity index (χ4v) is 1.65. The molecule has 0 aliphatic rings. The lowest BCUT2D eigenvalue weighted by atomic mass is 10.1. The van der Waals surface area contributed by atoms with Crippen molar-refractivity contribution in [3.8, 4) is 0 Å². The van der Waals surface area contributed by atoms with Crippen molar-refractivity contribution in [3.05, 3.63) is 35.5 Å². The van der Waals surface area contributed by atoms with Gasteiger partial charge >= 0.3 is 0 Å². The molecule has 1 amide bonds. The highest BCUT2D eigenvalue weighted by atomic mass is 16.2. The number of nitrogens with zero attached hydrogens (tertiary/aromatic N) is 1. The number of hydrogen-bond donors (Lipinski definition) is 2. The molecule has 0 bridgehead atoms. The van der Waals surface area contributed by atoms with E-state index >= 15 is 0 Å². The second-order valence-electron chi connectivity index (χ2n) is 3.64. The predicted octanol–water partition coefficient (Wildman–Crippen LogP) is 1.95. The number of fused-ring (bicyclic) bond motifs is 1. The average Bonchev–Trinajstić information content (AvgIpc) is 2.55. The Bertz CT molecular complexity index is 554. The summed E-state index contributed by atoms with van der Waals surface area (Å²) in [4.78, 5) is 13.9. The Labute approximate surface area is 93.4 Å². The highest BCUT2D eigenvalue weighted by Gasteiger charge is 2.04. The molecule has 2 aromatic rings. The molecule has 2 N–H and O–H groups in total. The molecule has 1 aromatic carbocycles. The SMILES string of the molecule is CC(=O)N/N=C\c1c(C)[nH]c2ccccc12. The number of hydrogen-bond acceptors (Lipinski definition) is 2. The molecule has 0 saturated carbocycles. The van der Waals surface area contributed by atoms with Gasteiger partial charge in [-0.25, -0.2) is 5.43 Å². The summed E-state index contributed by atoms with van der Waals surface area (Å²) < 4.78 is 0. The number of carbonyl (C=O) groups excluding carboxylic acids is 1. The molecular weight excluding hydrogens is 202 g/mol. The van der Waals surface area contributed by atoms with E-state index in [1.54, 1.807) is 6.21 Å². The van der Waals surface area contributed by atoms with Crippen molar-refractivity contribution < 1.29 is 4.79 Å². The first kappa shape index (κ1) is 10.4. The quantitative estimate of drug-likeness (QED) is 0.583. The summed E-state index contributed by atoms with van der Waals surface area (Å²) in [5.41, 5.74) is 5.51. The molecular formula is C12H13N3O. The fraction of sp³-hybridized carbons (Fsp3) is 0.167. The molecule has 0 atom stereocenters. The van der Waals surface area contributed by atoms with E-state index in [4.69, 9.17) is 0 Å². The molecule has 0 spiro atoms. The van der Waals surface area contributed by atoms with Crippen molar-refractivity contribution >= 4 is 23.0 Å². The molecule has 1 heterocycles. The maximum absolute atomic E-state index is 10.7. The van der Waals surface area contributed by atoms with Crippen molar-refractivity contribution in [2.24, 2.45) is 5.10 Å². The van der Waals surface area contributed by atoms with Gasteiger partial charge in [0, 0.05) is 29.1 Å². The fourth-order valence-electron chi connectivity index (χ4n) is 1.65. The Kier molecular flexibility index (Phi) is 2.72. The second-order valence-corrected chi connectivity index (χ2v) is 3.64. The van der Waals surface area contributed by atoms with Gasteiger partial charge in [-0.15, -0.1) is 0 Å². The Hall–Kier alpha value is -2.10. The number of amides is 1. The van der Waals surface area contributed by atoms with E-state index in [0.29, 0.717) is 0 Å². The molecule has 4 nitrogen and oxygen atoms in total. The van der Waals surface area contributed by atoms with E-state index in [0.717, 1.165) is 22.2 Å². The van der Waals surface area contributed by atoms with Crippen LogP contribution in [0, 0.1) is 6.92 Å². The van der Waals surface area contributed by atoms with Gasteiger partial charge in [-0.2, -0.15) is 5.10 Å². The second kappa shape index (κ2) is 4.18. The van der Waals surface area contributed by atoms with Crippen LogP contribution >= 0.6 is 0 Å². The van der Waals surface area contributed by atoms with Crippen LogP contribution in [0.15, 0.2) is 29.4 Å². The topological polar surface area (TPSA) is 57.2 Å². The van der Waals surface area contributed by atoms with Gasteiger partial charge < -0.3 is 4.98 Å². The summed E-state index contributed by atoms with van der Waals surface area (Å²) in [6.07, 6.45) is 1.66. The van der Waals surface area contributed by atoms with Crippen molar-refractivity contribution in [1.82, 2.24) is 10.4 Å². The summed E-state index contributed by atoms with van der Waals surface area (Å²) in [7, 11) is 0. The van der Waals surface area contributed by atoms with Crippen LogP contribution in [0.5, 0.6) is 0 Å². The minimum atomic E-state index is -0.172. The van der Waals surface area contributed by atoms with Gasteiger partial charge in [0.1, 0.15) is 0 Å². The average molecular weight is 215 g/mol. The number of para-hydroxylation sites is 1. The first-order valence-corrected chi connectivity index (χ1v) is 5.05. The number of benzene rings is 1. The molecule has 0 radical (unpaired) electrons. The highest BCUT2D eigenvalue weighted by Crippen LogP contribution is 2.19. The number of H-pyrrole nitrogens is 1. The molecule has 16 heavy (non-hydrogen) atoms. The highest BCUT2D eigenvalue weighted by molar-refractivity contribution is 6.00. The van der Waals surface area contributed by atoms with Gasteiger partial charge in [0.15, 0.2) is 0 Å². The van der Waals surface area contributed by atoms with Crippen LogP contribution in [0.25, 0.3) is 10.9 Å². The van der Waals surface area contributed by atoms with Gasteiger partial charge in [-0.05, 0) is 13.0 Å². The van der Waals surface area contributed by atoms with Crippen LogP contribution in [0.3, 0.4) is 0 Å². The zero-order valence-corrected chi connectivity index (χ0v) is 9.24. The van der Waals surface area contributed by atoms with Gasteiger partial charge in [0.25, 0.3) is 0 Å². The molecule has 0 fully saturated rings. The number of carbonyl (C=O) groups is 1. The summed E-state index contributed by atoms with van der Waals surface area (Å²) in [5, 5.41) is 4.99. The minimum absolute atomic E-state index is 0.172. The number of hydrazone groups is 1. The third-order valence-corrected chi connectivity index (χ3v) is 2.36. The van der Waals surface area contributed by atoms with Gasteiger partial charge in [0.05, 0.1) is 6.21 Å². The van der Waals surface area contributed by atoms with E-state index in [2.05, 4.69) is 15.5 Å². The third kappa shape index (κ3) is 1.95. The Morgan fingerprint density at radius 3 is 2.94 bits per heavy atom. The molecule has 82 valence electrons. The standard InChI is InChI=1S/C12H13N3O/c1-8-11(7-13-15-9(2)16)10-5-3-4-6-12(10)14-8/h3-7,14H,1-2H3,(H,15,16)/b13-7-. The zero-order chi connectivity index (χ0) is 11.5. The number of aromatic nitrogens is 1. The van der Waals surface area contributed by atoms with Crippen molar-refractivity contribution in [1.29, 1.82) is 0 Å². The van der Waals surface area contributed by atoms with E-state index in [1.807, 2.05) is 31.2 Å². The zero-order valence-electron chi connectivity index (χ0n) is 9.24. The summed E-state index contributed by atoms with van der Waals surface area (Å²) in [6, 6.07) is 7.99. The van der Waals surface area contributed by atoms with Crippen molar-refractivity contribution in [3.63, 3.8) is 0 Å². The predicted molar refractivity (Wildman–Crippen MR) is 64.4 cm³/mol. The van der Waals surface area contributed by atoms with E-state index in [9.17, 15) is 4.79 Å². The monoisotopic (exact) mass is 215 g/mol. The van der Waals surface area contributed by atoms with Crippen molar-refractivity contribution in [2.75, 3.05) is 0 Å². The molecule has 2 rings (SSSR count). The maximum Gasteiger partial charge on any atom is 0.236 e. The molecule has 1 aromatic heterocycles. The maximum atomic E-state index is 10.7. The lowest BCUT2D eigenvalue weighted by Crippen LogP contribution is -2.12. The van der Waals surface area contributed by atoms with Gasteiger partial charge in [-0.3, -0.25) is 4.79 Å². The van der Waals surface area contributed by atoms with Crippen LogP contribution < -0.4 is 5.43 Å². The third-order valence-electron chi connectivity index (χ3n) is 2.36. The molecule has 4 heteroatoms. The summed E-state index contributed by atoms with van der Waals surface area (Å²) in [5.74, 6) is -0.172. The Balaban J connectivity index is 2.39. The Morgan fingerprint density at radius 1 is 1.44 bits per heavy atom. The van der Waals surface area contributed by atoms with E-state index in [1.165, 1.54) is 6.92 Å². The summed E-state index contributed by atoms with van der Waals surface area (Å²) >= 11 is 0. The number of nitrogens with one attached hydrogen (secondary N) is 2. The van der Waals surface area contributed by atoms with Crippen molar-refractivity contribution in [2.45, 2.75) is 13.8 Å². The lowest BCUT2D eigenvalue weighted by molar-refractivity contribution is -0.118. The summed E-state index contributed by atoms with van der Waals surface area (Å²) in [6.45, 7) is 3.41. The normalized spacial score (nSPS) is 11.1. The smallest absolute Gasteiger partial charge is 0.236 e. The number of rotatable bonds is 2. The van der Waals surface area contributed by atoms with Crippen LogP contribution in [-0.4, -0.2) is 17.1 Å². The lowest BCUT2D eigenvalue weighted by Gasteiger charge is -1.93. The van der Waals surface area contributed by atoms with E-state index in [-0.39, 0.29) is 5.91 Å². The largest absolute Gasteiger partial charge is 0.358 e. The van der Waals surface area contributed by atoms with Crippen LogP contribution in [-0.2, 0) is 4.79 Å².